The Morgan fingerprint density at radius 3 is 3.00 bits per heavy atom. The second kappa shape index (κ2) is 5.83. The summed E-state index contributed by atoms with van der Waals surface area (Å²) in [5.41, 5.74) is 0.715. The van der Waals surface area contributed by atoms with E-state index in [9.17, 15) is 9.59 Å². The van der Waals surface area contributed by atoms with Crippen molar-refractivity contribution >= 4 is 11.9 Å². The lowest BCUT2D eigenvalue weighted by molar-refractivity contribution is -0.146. The van der Waals surface area contributed by atoms with Gasteiger partial charge in [0.25, 0.3) is 0 Å². The lowest BCUT2D eigenvalue weighted by Crippen LogP contribution is -2.50. The molecule has 2 rings (SSSR count). The van der Waals surface area contributed by atoms with Gasteiger partial charge >= 0.3 is 5.97 Å². The summed E-state index contributed by atoms with van der Waals surface area (Å²) in [5.74, 6) is -0.613. The van der Waals surface area contributed by atoms with E-state index in [2.05, 4.69) is 5.16 Å². The highest BCUT2D eigenvalue weighted by Crippen LogP contribution is 2.14. The summed E-state index contributed by atoms with van der Waals surface area (Å²) in [7, 11) is 0. The van der Waals surface area contributed by atoms with E-state index in [1.54, 1.807) is 17.9 Å². The summed E-state index contributed by atoms with van der Waals surface area (Å²) in [4.78, 5) is 24.5. The molecule has 1 atom stereocenters. The molecule has 1 saturated heterocycles. The normalized spacial score (nSPS) is 19.4. The van der Waals surface area contributed by atoms with Crippen molar-refractivity contribution < 1.29 is 24.0 Å². The van der Waals surface area contributed by atoms with Crippen molar-refractivity contribution in [1.29, 1.82) is 0 Å². The molecule has 0 spiro atoms. The van der Waals surface area contributed by atoms with Crippen LogP contribution in [0.15, 0.2) is 10.6 Å². The fourth-order valence-corrected chi connectivity index (χ4v) is 2.10. The van der Waals surface area contributed by atoms with Crippen molar-refractivity contribution in [2.24, 2.45) is 0 Å². The maximum atomic E-state index is 12.2. The van der Waals surface area contributed by atoms with Gasteiger partial charge in [-0.1, -0.05) is 5.16 Å². The summed E-state index contributed by atoms with van der Waals surface area (Å²) in [6.07, 6.45) is -0.0157. The molecule has 104 valence electrons. The molecule has 19 heavy (non-hydrogen) atoms. The molecule has 0 aliphatic carbocycles. The third-order valence-electron chi connectivity index (χ3n) is 2.96. The topological polar surface area (TPSA) is 92.9 Å². The molecule has 0 aromatic carbocycles. The molecular weight excluding hydrogens is 252 g/mol. The SMILES string of the molecule is Cc1cc(CC(=O)N2CCOCC2CC(=O)O)on1. The van der Waals surface area contributed by atoms with Gasteiger partial charge in [0.05, 0.1) is 37.8 Å². The van der Waals surface area contributed by atoms with Crippen LogP contribution >= 0.6 is 0 Å². The van der Waals surface area contributed by atoms with E-state index in [1.165, 1.54) is 0 Å². The lowest BCUT2D eigenvalue weighted by atomic mass is 10.1. The Bertz CT molecular complexity index is 470. The van der Waals surface area contributed by atoms with Gasteiger partial charge in [-0.15, -0.1) is 0 Å². The number of aromatic nitrogens is 1. The number of carboxylic acids is 1. The first kappa shape index (κ1) is 13.5. The van der Waals surface area contributed by atoms with Gasteiger partial charge in [0, 0.05) is 12.6 Å². The molecule has 1 unspecified atom stereocenters. The second-order valence-electron chi connectivity index (χ2n) is 4.53. The largest absolute Gasteiger partial charge is 0.481 e. The molecule has 0 bridgehead atoms. The highest BCUT2D eigenvalue weighted by Gasteiger charge is 2.29. The van der Waals surface area contributed by atoms with Crippen LogP contribution in [-0.4, -0.2) is 52.8 Å². The third-order valence-corrected chi connectivity index (χ3v) is 2.96. The predicted octanol–water partition coefficient (Wildman–Crippen LogP) is 0.228. The number of amides is 1. The average molecular weight is 268 g/mol. The zero-order chi connectivity index (χ0) is 13.8. The molecule has 0 radical (unpaired) electrons. The van der Waals surface area contributed by atoms with Crippen LogP contribution in [0, 0.1) is 6.92 Å². The molecule has 7 nitrogen and oxygen atoms in total. The Kier molecular flexibility index (Phi) is 4.16. The second-order valence-corrected chi connectivity index (χ2v) is 4.53. The highest BCUT2D eigenvalue weighted by molar-refractivity contribution is 5.79. The Balaban J connectivity index is 2.00. The number of nitrogens with zero attached hydrogens (tertiary/aromatic N) is 2. The number of hydrogen-bond donors (Lipinski definition) is 1. The van der Waals surface area contributed by atoms with E-state index in [1.807, 2.05) is 0 Å². The molecule has 1 fully saturated rings. The minimum atomic E-state index is -0.941. The van der Waals surface area contributed by atoms with Gasteiger partial charge in [0.1, 0.15) is 5.76 Å². The van der Waals surface area contributed by atoms with Gasteiger partial charge in [0.2, 0.25) is 5.91 Å². The number of carboxylic acid groups (broad SMARTS) is 1. The zero-order valence-corrected chi connectivity index (χ0v) is 10.7. The number of rotatable bonds is 4. The van der Waals surface area contributed by atoms with E-state index in [0.717, 1.165) is 0 Å². The van der Waals surface area contributed by atoms with Crippen molar-refractivity contribution in [1.82, 2.24) is 10.1 Å². The van der Waals surface area contributed by atoms with E-state index in [0.29, 0.717) is 24.6 Å². The van der Waals surface area contributed by atoms with Gasteiger partial charge in [-0.3, -0.25) is 9.59 Å². The van der Waals surface area contributed by atoms with Crippen LogP contribution in [0.3, 0.4) is 0 Å². The molecule has 1 aromatic heterocycles. The number of aliphatic carboxylic acids is 1. The highest BCUT2D eigenvalue weighted by atomic mass is 16.5. The maximum absolute atomic E-state index is 12.2. The summed E-state index contributed by atoms with van der Waals surface area (Å²) in [6, 6.07) is 1.28. The molecule has 2 heterocycles. The van der Waals surface area contributed by atoms with Gasteiger partial charge in [-0.25, -0.2) is 0 Å². The maximum Gasteiger partial charge on any atom is 0.305 e. The quantitative estimate of drug-likeness (QED) is 0.840. The predicted molar refractivity (Wildman–Crippen MR) is 63.5 cm³/mol. The van der Waals surface area contributed by atoms with Crippen LogP contribution < -0.4 is 0 Å². The van der Waals surface area contributed by atoms with Crippen LogP contribution in [0.1, 0.15) is 17.9 Å². The number of carbonyl (C=O) groups is 2. The molecule has 1 N–H and O–H groups in total. The fourth-order valence-electron chi connectivity index (χ4n) is 2.10. The molecule has 1 amide bonds. The van der Waals surface area contributed by atoms with Crippen LogP contribution in [-0.2, 0) is 20.7 Å². The first-order valence-electron chi connectivity index (χ1n) is 6.07. The summed E-state index contributed by atoms with van der Waals surface area (Å²) in [6.45, 7) is 2.87. The van der Waals surface area contributed by atoms with Crippen molar-refractivity contribution in [2.45, 2.75) is 25.8 Å². The molecule has 1 aliphatic rings. The fraction of sp³-hybridized carbons (Fsp3) is 0.583. The summed E-state index contributed by atoms with van der Waals surface area (Å²) < 4.78 is 10.2. The number of ether oxygens (including phenoxy) is 1. The van der Waals surface area contributed by atoms with Crippen LogP contribution in [0.5, 0.6) is 0 Å². The van der Waals surface area contributed by atoms with Crippen LogP contribution in [0.2, 0.25) is 0 Å². The Morgan fingerprint density at radius 2 is 2.37 bits per heavy atom. The van der Waals surface area contributed by atoms with E-state index < -0.39 is 12.0 Å². The number of morpholine rings is 1. The summed E-state index contributed by atoms with van der Waals surface area (Å²) >= 11 is 0. The summed E-state index contributed by atoms with van der Waals surface area (Å²) in [5, 5.41) is 12.6. The van der Waals surface area contributed by atoms with Gasteiger partial charge in [0.15, 0.2) is 0 Å². The van der Waals surface area contributed by atoms with E-state index in [4.69, 9.17) is 14.4 Å². The number of carbonyl (C=O) groups excluding carboxylic acids is 1. The molecule has 7 heteroatoms. The Morgan fingerprint density at radius 1 is 1.58 bits per heavy atom. The zero-order valence-electron chi connectivity index (χ0n) is 10.7. The Hall–Kier alpha value is -1.89. The minimum absolute atomic E-state index is 0.0942. The standard InChI is InChI=1S/C12H16N2O5/c1-8-4-10(19-13-8)6-11(15)14-2-3-18-7-9(14)5-12(16)17/h4,9H,2-3,5-7H2,1H3,(H,16,17). The minimum Gasteiger partial charge on any atom is -0.481 e. The van der Waals surface area contributed by atoms with Gasteiger partial charge in [-0.2, -0.15) is 0 Å². The van der Waals surface area contributed by atoms with E-state index >= 15 is 0 Å². The molecule has 0 saturated carbocycles. The lowest BCUT2D eigenvalue weighted by Gasteiger charge is -2.34. The van der Waals surface area contributed by atoms with Crippen molar-refractivity contribution in [3.8, 4) is 0 Å². The first-order valence-corrected chi connectivity index (χ1v) is 6.07. The van der Waals surface area contributed by atoms with Gasteiger partial charge < -0.3 is 19.3 Å². The molecule has 1 aromatic rings. The van der Waals surface area contributed by atoms with Crippen molar-refractivity contribution in [2.75, 3.05) is 19.8 Å². The smallest absolute Gasteiger partial charge is 0.305 e. The third kappa shape index (κ3) is 3.54. The number of hydrogen-bond acceptors (Lipinski definition) is 5. The van der Waals surface area contributed by atoms with Crippen molar-refractivity contribution in [3.63, 3.8) is 0 Å². The van der Waals surface area contributed by atoms with Gasteiger partial charge in [-0.05, 0) is 6.92 Å². The Labute approximate surface area is 110 Å². The van der Waals surface area contributed by atoms with Crippen LogP contribution in [0.4, 0.5) is 0 Å². The molecule has 1 aliphatic heterocycles. The van der Waals surface area contributed by atoms with Crippen molar-refractivity contribution in [3.05, 3.63) is 17.5 Å². The number of aryl methyl sites for hydroxylation is 1. The average Bonchev–Trinajstić information content (AvgIpc) is 2.74. The molecular formula is C12H16N2O5. The van der Waals surface area contributed by atoms with Crippen LogP contribution in [0.25, 0.3) is 0 Å². The monoisotopic (exact) mass is 268 g/mol. The van der Waals surface area contributed by atoms with E-state index in [-0.39, 0.29) is 25.4 Å². The first-order chi connectivity index (χ1) is 9.06.